The van der Waals surface area contributed by atoms with Crippen molar-refractivity contribution in [1.29, 1.82) is 0 Å². The SMILES string of the molecule is C[C@]12CC3CC(NC(=O)Nc4ccc(C(=O)NC5CCC(C(N)=O)CC5)cc4F)(C1)C[C@@](C)(C3)C2. The number of rotatable bonds is 5. The molecule has 1 aromatic carbocycles. The summed E-state index contributed by atoms with van der Waals surface area (Å²) in [6, 6.07) is 3.67. The number of urea groups is 1. The van der Waals surface area contributed by atoms with Gasteiger partial charge in [-0.2, -0.15) is 0 Å². The average molecular weight is 485 g/mol. The van der Waals surface area contributed by atoms with Crippen LogP contribution in [0.3, 0.4) is 0 Å². The standard InChI is InChI=1S/C27H37FN4O3/c1-25-10-16-11-26(2,13-25)15-27(12-16,14-25)32-24(35)31-21-8-5-18(9-20(21)28)23(34)30-19-6-3-17(4-7-19)22(29)33/h5,8-9,16-17,19H,3-4,6-7,10-15H2,1-2H3,(H2,29,33)(H,30,34)(H2,31,32,35)/t16?,17?,19?,25-,26+,27?. The Morgan fingerprint density at radius 1 is 0.971 bits per heavy atom. The topological polar surface area (TPSA) is 113 Å². The lowest BCUT2D eigenvalue weighted by Gasteiger charge is -2.65. The molecule has 0 heterocycles. The van der Waals surface area contributed by atoms with E-state index in [9.17, 15) is 18.8 Å². The molecule has 2 unspecified atom stereocenters. The minimum atomic E-state index is -0.644. The van der Waals surface area contributed by atoms with Crippen LogP contribution in [0, 0.1) is 28.5 Å². The summed E-state index contributed by atoms with van der Waals surface area (Å²) in [7, 11) is 0. The molecule has 190 valence electrons. The summed E-state index contributed by atoms with van der Waals surface area (Å²) in [5, 5.41) is 8.81. The van der Waals surface area contributed by atoms with Crippen molar-refractivity contribution >= 4 is 23.5 Å². The zero-order chi connectivity index (χ0) is 25.0. The molecule has 1 aromatic rings. The minimum absolute atomic E-state index is 0.0585. The first-order valence-corrected chi connectivity index (χ1v) is 12.9. The third-order valence-electron chi connectivity index (χ3n) is 8.95. The molecule has 4 atom stereocenters. The lowest BCUT2D eigenvalue weighted by atomic mass is 9.43. The number of amides is 4. The third-order valence-corrected chi connectivity index (χ3v) is 8.95. The second kappa shape index (κ2) is 8.49. The highest BCUT2D eigenvalue weighted by atomic mass is 19.1. The Hall–Kier alpha value is -2.64. The van der Waals surface area contributed by atoms with Gasteiger partial charge in [-0.1, -0.05) is 13.8 Å². The second-order valence-electron chi connectivity index (χ2n) is 12.6. The molecule has 5 aliphatic carbocycles. The van der Waals surface area contributed by atoms with Crippen molar-refractivity contribution in [2.45, 2.75) is 89.6 Å². The Kier molecular flexibility index (Phi) is 5.84. The van der Waals surface area contributed by atoms with Gasteiger partial charge >= 0.3 is 6.03 Å². The van der Waals surface area contributed by atoms with Crippen LogP contribution in [-0.2, 0) is 4.79 Å². The summed E-state index contributed by atoms with van der Waals surface area (Å²) < 4.78 is 14.8. The van der Waals surface area contributed by atoms with E-state index in [0.29, 0.717) is 31.6 Å². The van der Waals surface area contributed by atoms with Crippen LogP contribution in [0.1, 0.15) is 88.4 Å². The van der Waals surface area contributed by atoms with Crippen LogP contribution in [-0.4, -0.2) is 29.4 Å². The van der Waals surface area contributed by atoms with Crippen LogP contribution in [0.4, 0.5) is 14.9 Å². The molecule has 0 spiro atoms. The molecular weight excluding hydrogens is 447 g/mol. The first-order chi connectivity index (χ1) is 16.5. The highest BCUT2D eigenvalue weighted by Gasteiger charge is 2.60. The normalized spacial score (nSPS) is 37.5. The molecule has 5 aliphatic rings. The zero-order valence-electron chi connectivity index (χ0n) is 20.7. The quantitative estimate of drug-likeness (QED) is 0.494. The molecule has 5 N–H and O–H groups in total. The number of benzene rings is 1. The number of primary amides is 1. The molecule has 7 nitrogen and oxygen atoms in total. The molecular formula is C27H37FN4O3. The first kappa shape index (κ1) is 24.1. The largest absolute Gasteiger partial charge is 0.369 e. The Morgan fingerprint density at radius 3 is 2.20 bits per heavy atom. The number of carbonyl (C=O) groups is 3. The Labute approximate surface area is 206 Å². The fraction of sp³-hybridized carbons (Fsp3) is 0.667. The molecule has 4 bridgehead atoms. The van der Waals surface area contributed by atoms with Crippen molar-refractivity contribution in [3.05, 3.63) is 29.6 Å². The van der Waals surface area contributed by atoms with Crippen LogP contribution in [0.25, 0.3) is 0 Å². The first-order valence-electron chi connectivity index (χ1n) is 12.9. The van der Waals surface area contributed by atoms with E-state index in [2.05, 4.69) is 29.8 Å². The van der Waals surface area contributed by atoms with Gasteiger partial charge < -0.3 is 21.7 Å². The van der Waals surface area contributed by atoms with Gasteiger partial charge in [0.1, 0.15) is 5.82 Å². The van der Waals surface area contributed by atoms with Crippen LogP contribution in [0.2, 0.25) is 0 Å². The monoisotopic (exact) mass is 484 g/mol. The molecule has 8 heteroatoms. The summed E-state index contributed by atoms with van der Waals surface area (Å²) >= 11 is 0. The fourth-order valence-corrected chi connectivity index (χ4v) is 8.53. The van der Waals surface area contributed by atoms with Crippen LogP contribution >= 0.6 is 0 Å². The number of halogens is 1. The third kappa shape index (κ3) is 4.89. The van der Waals surface area contributed by atoms with Crippen LogP contribution in [0.15, 0.2) is 18.2 Å². The van der Waals surface area contributed by atoms with Crippen molar-refractivity contribution < 1.29 is 18.8 Å². The second-order valence-corrected chi connectivity index (χ2v) is 12.6. The molecule has 5 fully saturated rings. The zero-order valence-corrected chi connectivity index (χ0v) is 20.7. The molecule has 0 aliphatic heterocycles. The number of anilines is 1. The molecule has 0 aromatic heterocycles. The van der Waals surface area contributed by atoms with Crippen molar-refractivity contribution in [1.82, 2.24) is 10.6 Å². The van der Waals surface area contributed by atoms with Crippen molar-refractivity contribution in [3.8, 4) is 0 Å². The number of hydrogen-bond acceptors (Lipinski definition) is 3. The molecule has 0 radical (unpaired) electrons. The summed E-state index contributed by atoms with van der Waals surface area (Å²) in [6.07, 6.45) is 9.26. The number of hydrogen-bond donors (Lipinski definition) is 4. The van der Waals surface area contributed by atoms with E-state index in [0.717, 1.165) is 25.3 Å². The van der Waals surface area contributed by atoms with E-state index in [-0.39, 0.29) is 57.4 Å². The van der Waals surface area contributed by atoms with E-state index in [1.807, 2.05) is 0 Å². The van der Waals surface area contributed by atoms with Crippen molar-refractivity contribution in [2.24, 2.45) is 28.4 Å². The van der Waals surface area contributed by atoms with Gasteiger partial charge in [0.05, 0.1) is 5.69 Å². The molecule has 6 rings (SSSR count). The highest BCUT2D eigenvalue weighted by Crippen LogP contribution is 2.66. The smallest absolute Gasteiger partial charge is 0.319 e. The van der Waals surface area contributed by atoms with Gasteiger partial charge in [-0.25, -0.2) is 9.18 Å². The van der Waals surface area contributed by atoms with E-state index in [1.165, 1.54) is 31.4 Å². The van der Waals surface area contributed by atoms with E-state index >= 15 is 0 Å². The summed E-state index contributed by atoms with van der Waals surface area (Å²) in [4.78, 5) is 36.9. The highest BCUT2D eigenvalue weighted by molar-refractivity contribution is 5.96. The molecule has 4 amide bonds. The Bertz CT molecular complexity index is 1030. The van der Waals surface area contributed by atoms with Gasteiger partial charge in [0, 0.05) is 23.1 Å². The maximum atomic E-state index is 14.8. The van der Waals surface area contributed by atoms with Gasteiger partial charge in [0.25, 0.3) is 5.91 Å². The lowest BCUT2D eigenvalue weighted by Crippen LogP contribution is -2.65. The van der Waals surface area contributed by atoms with Gasteiger partial charge in [-0.05, 0) is 99.2 Å². The van der Waals surface area contributed by atoms with Gasteiger partial charge in [0.15, 0.2) is 0 Å². The number of nitrogens with one attached hydrogen (secondary N) is 3. The van der Waals surface area contributed by atoms with Gasteiger partial charge in [-0.3, -0.25) is 9.59 Å². The van der Waals surface area contributed by atoms with Crippen molar-refractivity contribution in [3.63, 3.8) is 0 Å². The van der Waals surface area contributed by atoms with E-state index in [1.54, 1.807) is 0 Å². The number of carbonyl (C=O) groups excluding carboxylic acids is 3. The average Bonchev–Trinajstić information content (AvgIpc) is 2.72. The maximum Gasteiger partial charge on any atom is 0.319 e. The van der Waals surface area contributed by atoms with Crippen molar-refractivity contribution in [2.75, 3.05) is 5.32 Å². The van der Waals surface area contributed by atoms with Crippen LogP contribution < -0.4 is 21.7 Å². The summed E-state index contributed by atoms with van der Waals surface area (Å²) in [5.41, 5.74) is 5.93. The van der Waals surface area contributed by atoms with E-state index < -0.39 is 5.82 Å². The van der Waals surface area contributed by atoms with Gasteiger partial charge in [-0.15, -0.1) is 0 Å². The Balaban J connectivity index is 1.18. The summed E-state index contributed by atoms with van der Waals surface area (Å²) in [6.45, 7) is 4.69. The van der Waals surface area contributed by atoms with Crippen LogP contribution in [0.5, 0.6) is 0 Å². The predicted molar refractivity (Wildman–Crippen MR) is 131 cm³/mol. The summed E-state index contributed by atoms with van der Waals surface area (Å²) in [5.74, 6) is -0.800. The van der Waals surface area contributed by atoms with Gasteiger partial charge in [0.2, 0.25) is 5.91 Å². The Morgan fingerprint density at radius 2 is 1.63 bits per heavy atom. The maximum absolute atomic E-state index is 14.8. The predicted octanol–water partition coefficient (Wildman–Crippen LogP) is 4.47. The minimum Gasteiger partial charge on any atom is -0.369 e. The number of nitrogens with two attached hydrogens (primary N) is 1. The van der Waals surface area contributed by atoms with E-state index in [4.69, 9.17) is 5.73 Å². The molecule has 0 saturated heterocycles. The molecule has 5 saturated carbocycles. The lowest BCUT2D eigenvalue weighted by molar-refractivity contribution is -0.122. The molecule has 35 heavy (non-hydrogen) atoms. The fourth-order valence-electron chi connectivity index (χ4n) is 8.53.